The van der Waals surface area contributed by atoms with E-state index in [1.807, 2.05) is 13.8 Å². The minimum Gasteiger partial charge on any atom is -0.426 e. The lowest BCUT2D eigenvalue weighted by Crippen LogP contribution is -2.46. The summed E-state index contributed by atoms with van der Waals surface area (Å²) < 4.78 is 32.4. The summed E-state index contributed by atoms with van der Waals surface area (Å²) in [5, 5.41) is 10.9. The van der Waals surface area contributed by atoms with Crippen LogP contribution in [0.5, 0.6) is 0 Å². The fourth-order valence-corrected chi connectivity index (χ4v) is 4.95. The highest BCUT2D eigenvalue weighted by atomic mass is 32.2. The molecule has 0 saturated carbocycles. The number of nitro groups is 1. The van der Waals surface area contributed by atoms with Gasteiger partial charge in [-0.3, -0.25) is 10.1 Å². The molecule has 9 heteroatoms. The summed E-state index contributed by atoms with van der Waals surface area (Å²) >= 11 is 0. The number of aryl methyl sites for hydroxylation is 1. The zero-order valence-corrected chi connectivity index (χ0v) is 17.1. The maximum Gasteiger partial charge on any atom is 0.406 e. The summed E-state index contributed by atoms with van der Waals surface area (Å²) in [5.41, 5.74) is 6.49. The second kappa shape index (κ2) is 9.04. The Balaban J connectivity index is 2.57. The average Bonchev–Trinajstić information content (AvgIpc) is 2.66. The van der Waals surface area contributed by atoms with Gasteiger partial charge < -0.3 is 10.5 Å². The van der Waals surface area contributed by atoms with Crippen molar-refractivity contribution in [1.29, 1.82) is 0 Å². The van der Waals surface area contributed by atoms with Crippen LogP contribution in [-0.2, 0) is 21.0 Å². The van der Waals surface area contributed by atoms with Crippen molar-refractivity contribution in [1.82, 2.24) is 0 Å². The van der Waals surface area contributed by atoms with Gasteiger partial charge in [0.1, 0.15) is 0 Å². The highest BCUT2D eigenvalue weighted by Gasteiger charge is 2.47. The van der Waals surface area contributed by atoms with Gasteiger partial charge in [0.25, 0.3) is 5.69 Å². The molecule has 0 saturated heterocycles. The number of unbranched alkanes of at least 4 members (excludes halogenated alkanes) is 1. The number of benzene rings is 2. The van der Waals surface area contributed by atoms with Crippen molar-refractivity contribution in [3.63, 3.8) is 0 Å². The second-order valence-electron chi connectivity index (χ2n) is 6.85. The molecule has 0 aromatic heterocycles. The molecule has 1 unspecified atom stereocenters. The molecular weight excluding hydrogens is 396 g/mol. The number of carbonyl (C=O) groups is 1. The zero-order chi connectivity index (χ0) is 21.7. The number of ether oxygens (including phenoxy) is 1. The van der Waals surface area contributed by atoms with Gasteiger partial charge in [-0.15, -0.1) is 0 Å². The topological polar surface area (TPSA) is 130 Å². The number of non-ortho nitro benzene ring substituents is 1. The number of sulfone groups is 1. The Kier molecular flexibility index (Phi) is 6.97. The maximum atomic E-state index is 13.5. The summed E-state index contributed by atoms with van der Waals surface area (Å²) in [6, 6.07) is 11.7. The number of hydrogen-bond donors (Lipinski definition) is 1. The summed E-state index contributed by atoms with van der Waals surface area (Å²) in [6.07, 6.45) is -0.179. The predicted octanol–water partition coefficient (Wildman–Crippen LogP) is 3.90. The summed E-state index contributed by atoms with van der Waals surface area (Å²) in [6.45, 7) is 3.72. The number of nitrogens with two attached hydrogens (primary N) is 1. The Morgan fingerprint density at radius 2 is 1.72 bits per heavy atom. The van der Waals surface area contributed by atoms with E-state index in [2.05, 4.69) is 0 Å². The van der Waals surface area contributed by atoms with E-state index in [0.717, 1.165) is 5.56 Å². The molecule has 0 fully saturated rings. The first kappa shape index (κ1) is 22.4. The van der Waals surface area contributed by atoms with Crippen molar-refractivity contribution in [2.45, 2.75) is 49.4 Å². The third-order valence-electron chi connectivity index (χ3n) is 4.64. The van der Waals surface area contributed by atoms with Gasteiger partial charge in [-0.25, -0.2) is 13.2 Å². The third-order valence-corrected chi connectivity index (χ3v) is 6.94. The fraction of sp³-hybridized carbons (Fsp3) is 0.350. The molecule has 0 aliphatic rings. The van der Waals surface area contributed by atoms with Gasteiger partial charge in [0, 0.05) is 25.0 Å². The lowest BCUT2D eigenvalue weighted by atomic mass is 10.0. The van der Waals surface area contributed by atoms with E-state index >= 15 is 0 Å². The van der Waals surface area contributed by atoms with Gasteiger partial charge in [-0.1, -0.05) is 43.2 Å². The van der Waals surface area contributed by atoms with Gasteiger partial charge >= 0.3 is 6.09 Å². The smallest absolute Gasteiger partial charge is 0.406 e. The van der Waals surface area contributed by atoms with E-state index < -0.39 is 25.8 Å². The Morgan fingerprint density at radius 3 is 2.21 bits per heavy atom. The van der Waals surface area contributed by atoms with E-state index in [0.29, 0.717) is 18.4 Å². The van der Waals surface area contributed by atoms with Gasteiger partial charge in [-0.2, -0.15) is 0 Å². The second-order valence-corrected chi connectivity index (χ2v) is 9.07. The molecule has 0 aliphatic heterocycles. The molecule has 1 atom stereocenters. The highest BCUT2D eigenvalue weighted by Crippen LogP contribution is 2.36. The van der Waals surface area contributed by atoms with Crippen molar-refractivity contribution in [2.75, 3.05) is 0 Å². The summed E-state index contributed by atoms with van der Waals surface area (Å²) in [7, 11) is -4.13. The molecule has 0 radical (unpaired) electrons. The first-order valence-electron chi connectivity index (χ1n) is 9.14. The molecular formula is C20H24N2O6S. The van der Waals surface area contributed by atoms with Gasteiger partial charge in [0.2, 0.25) is 14.8 Å². The number of hydrogen-bond acceptors (Lipinski definition) is 6. The SMILES string of the molecule is CCCCC(Cc1ccc([N+](=O)[O-])cc1)(OC(N)=O)S(=O)(=O)c1ccc(C)cc1. The van der Waals surface area contributed by atoms with Crippen LogP contribution in [0.25, 0.3) is 0 Å². The molecule has 0 aliphatic carbocycles. The number of rotatable bonds is 9. The summed E-state index contributed by atoms with van der Waals surface area (Å²) in [5.74, 6) is 0. The number of carbonyl (C=O) groups excluding carboxylic acids is 1. The van der Waals surface area contributed by atoms with Gasteiger partial charge in [0.05, 0.1) is 9.82 Å². The number of nitro benzene ring substituents is 1. The molecule has 1 amide bonds. The van der Waals surface area contributed by atoms with Crippen LogP contribution in [0.4, 0.5) is 10.5 Å². The monoisotopic (exact) mass is 420 g/mol. The maximum absolute atomic E-state index is 13.5. The summed E-state index contributed by atoms with van der Waals surface area (Å²) in [4.78, 5) is 20.1. The van der Waals surface area contributed by atoms with Gasteiger partial charge in [0.15, 0.2) is 0 Å². The van der Waals surface area contributed by atoms with Crippen LogP contribution in [-0.4, -0.2) is 24.4 Å². The molecule has 2 aromatic carbocycles. The molecule has 2 aromatic rings. The van der Waals surface area contributed by atoms with E-state index in [-0.39, 0.29) is 23.4 Å². The van der Waals surface area contributed by atoms with Crippen LogP contribution in [0, 0.1) is 17.0 Å². The standard InChI is InChI=1S/C20H24N2O6S/c1-3-4-13-20(28-19(21)23,14-16-7-9-17(10-8-16)22(24)25)29(26,27)18-11-5-15(2)6-12-18/h5-12H,3-4,13-14H2,1-2H3,(H2,21,23). The van der Waals surface area contributed by atoms with Crippen molar-refractivity contribution < 1.29 is 22.9 Å². The first-order valence-corrected chi connectivity index (χ1v) is 10.6. The van der Waals surface area contributed by atoms with Crippen molar-refractivity contribution in [2.24, 2.45) is 5.73 Å². The van der Waals surface area contributed by atoms with Gasteiger partial charge in [-0.05, 0) is 31.0 Å². The van der Waals surface area contributed by atoms with E-state index in [4.69, 9.17) is 10.5 Å². The molecule has 2 rings (SSSR count). The average molecular weight is 420 g/mol. The van der Waals surface area contributed by atoms with Crippen LogP contribution < -0.4 is 5.73 Å². The predicted molar refractivity (Wildman–Crippen MR) is 108 cm³/mol. The minimum atomic E-state index is -4.13. The van der Waals surface area contributed by atoms with Crippen molar-refractivity contribution >= 4 is 21.6 Å². The highest BCUT2D eigenvalue weighted by molar-refractivity contribution is 7.92. The largest absolute Gasteiger partial charge is 0.426 e. The molecule has 0 bridgehead atoms. The quantitative estimate of drug-likeness (QED) is 0.484. The first-order chi connectivity index (χ1) is 13.6. The van der Waals surface area contributed by atoms with E-state index in [1.165, 1.54) is 36.4 Å². The van der Waals surface area contributed by atoms with Crippen LogP contribution in [0.1, 0.15) is 37.3 Å². The van der Waals surface area contributed by atoms with Crippen LogP contribution >= 0.6 is 0 Å². The normalized spacial score (nSPS) is 13.4. The molecule has 2 N–H and O–H groups in total. The molecule has 0 heterocycles. The van der Waals surface area contributed by atoms with Crippen molar-refractivity contribution in [3.05, 3.63) is 69.8 Å². The molecule has 29 heavy (non-hydrogen) atoms. The van der Waals surface area contributed by atoms with E-state index in [1.54, 1.807) is 12.1 Å². The van der Waals surface area contributed by atoms with Crippen LogP contribution in [0.15, 0.2) is 53.4 Å². The molecule has 0 spiro atoms. The number of primary amides is 1. The number of nitrogens with zero attached hydrogens (tertiary/aromatic N) is 1. The van der Waals surface area contributed by atoms with Crippen LogP contribution in [0.3, 0.4) is 0 Å². The third kappa shape index (κ3) is 5.11. The Hall–Kier alpha value is -2.94. The Labute approximate surface area is 169 Å². The lowest BCUT2D eigenvalue weighted by molar-refractivity contribution is -0.384. The Bertz CT molecular complexity index is 971. The Morgan fingerprint density at radius 1 is 1.14 bits per heavy atom. The zero-order valence-electron chi connectivity index (χ0n) is 16.3. The molecule has 156 valence electrons. The minimum absolute atomic E-state index is 0.0161. The van der Waals surface area contributed by atoms with Crippen LogP contribution in [0.2, 0.25) is 0 Å². The van der Waals surface area contributed by atoms with E-state index in [9.17, 15) is 23.3 Å². The fourth-order valence-electron chi connectivity index (χ4n) is 3.07. The molecule has 8 nitrogen and oxygen atoms in total. The lowest BCUT2D eigenvalue weighted by Gasteiger charge is -2.32. The van der Waals surface area contributed by atoms with Crippen molar-refractivity contribution in [3.8, 4) is 0 Å². The number of amides is 1.